The Morgan fingerprint density at radius 1 is 0.974 bits per heavy atom. The number of nitrogens with zero attached hydrogens (tertiary/aromatic N) is 1. The van der Waals surface area contributed by atoms with Crippen LogP contribution in [0.2, 0.25) is 0 Å². The van der Waals surface area contributed by atoms with Crippen molar-refractivity contribution in [2.24, 2.45) is 5.92 Å². The minimum atomic E-state index is -0.687. The van der Waals surface area contributed by atoms with Gasteiger partial charge in [-0.05, 0) is 68.6 Å². The van der Waals surface area contributed by atoms with E-state index in [2.05, 4.69) is 55.9 Å². The molecule has 0 aliphatic heterocycles. The molecule has 0 aromatic heterocycles. The van der Waals surface area contributed by atoms with Crippen molar-refractivity contribution in [3.8, 4) is 5.75 Å². The molecule has 3 aromatic rings. The van der Waals surface area contributed by atoms with Gasteiger partial charge in [0, 0.05) is 19.5 Å². The smallest absolute Gasteiger partial charge is 0.261 e. The zero-order valence-corrected chi connectivity index (χ0v) is 25.5. The summed E-state index contributed by atoms with van der Waals surface area (Å²) in [6.07, 6.45) is 0.409. The Balaban J connectivity index is 1.91. The summed E-state index contributed by atoms with van der Waals surface area (Å²) in [6.45, 7) is 13.3. The van der Waals surface area contributed by atoms with E-state index < -0.39 is 6.04 Å². The molecule has 1 N–H and O–H groups in total. The number of halogens is 1. The van der Waals surface area contributed by atoms with E-state index in [0.717, 1.165) is 21.2 Å². The summed E-state index contributed by atoms with van der Waals surface area (Å²) in [5.41, 5.74) is 4.22. The topological polar surface area (TPSA) is 58.6 Å². The van der Waals surface area contributed by atoms with E-state index in [1.807, 2.05) is 79.7 Å². The number of nitrogens with one attached hydrogen (secondary N) is 1. The predicted octanol–water partition coefficient (Wildman–Crippen LogP) is 6.85. The van der Waals surface area contributed by atoms with Gasteiger partial charge < -0.3 is 15.0 Å². The molecule has 1 atom stereocenters. The molecule has 3 rings (SSSR count). The molecule has 0 aliphatic carbocycles. The quantitative estimate of drug-likeness (QED) is 0.265. The number of amides is 2. The number of hydrogen-bond acceptors (Lipinski definition) is 3. The molecule has 0 saturated heterocycles. The highest BCUT2D eigenvalue weighted by molar-refractivity contribution is 9.10. The molecule has 6 heteroatoms. The molecule has 208 valence electrons. The molecular weight excluding hydrogens is 552 g/mol. The molecule has 0 aliphatic rings. The van der Waals surface area contributed by atoms with Crippen molar-refractivity contribution < 1.29 is 14.3 Å². The van der Waals surface area contributed by atoms with Crippen LogP contribution in [0.25, 0.3) is 0 Å². The number of hydrogen-bond donors (Lipinski definition) is 1. The molecule has 0 fully saturated rings. The average molecular weight is 594 g/mol. The van der Waals surface area contributed by atoms with Gasteiger partial charge in [-0.25, -0.2) is 0 Å². The first-order chi connectivity index (χ1) is 18.5. The second-order valence-corrected chi connectivity index (χ2v) is 12.3. The lowest BCUT2D eigenvalue weighted by molar-refractivity contribution is -0.142. The van der Waals surface area contributed by atoms with Gasteiger partial charge in [-0.15, -0.1) is 0 Å². The van der Waals surface area contributed by atoms with Crippen LogP contribution >= 0.6 is 15.9 Å². The summed E-state index contributed by atoms with van der Waals surface area (Å²) in [7, 11) is 0. The molecule has 0 radical (unpaired) electrons. The minimum Gasteiger partial charge on any atom is -0.483 e. The molecule has 0 spiro atoms. The van der Waals surface area contributed by atoms with Gasteiger partial charge in [-0.2, -0.15) is 0 Å². The maximum absolute atomic E-state index is 13.8. The fraction of sp³-hybridized carbons (Fsp3) is 0.394. The summed E-state index contributed by atoms with van der Waals surface area (Å²) in [5, 5.41) is 3.06. The molecular formula is C33H41BrN2O3. The van der Waals surface area contributed by atoms with E-state index in [9.17, 15) is 9.59 Å². The minimum absolute atomic E-state index is 0.00474. The highest BCUT2D eigenvalue weighted by atomic mass is 79.9. The van der Waals surface area contributed by atoms with Gasteiger partial charge in [0.1, 0.15) is 11.8 Å². The third-order valence-corrected chi connectivity index (χ3v) is 7.33. The molecule has 3 aromatic carbocycles. The maximum atomic E-state index is 13.8. The molecule has 39 heavy (non-hydrogen) atoms. The van der Waals surface area contributed by atoms with Crippen molar-refractivity contribution in [2.75, 3.05) is 13.2 Å². The first kappa shape index (κ1) is 30.4. The van der Waals surface area contributed by atoms with Crippen LogP contribution in [0.5, 0.6) is 5.75 Å². The second-order valence-electron chi connectivity index (χ2n) is 11.5. The Bertz CT molecular complexity index is 1250. The lowest BCUT2D eigenvalue weighted by Gasteiger charge is -2.32. The lowest BCUT2D eigenvalue weighted by atomic mass is 9.87. The zero-order chi connectivity index (χ0) is 28.6. The Morgan fingerprint density at radius 3 is 2.26 bits per heavy atom. The fourth-order valence-electron chi connectivity index (χ4n) is 4.25. The van der Waals surface area contributed by atoms with Gasteiger partial charge in [0.15, 0.2) is 6.61 Å². The van der Waals surface area contributed by atoms with E-state index in [1.165, 1.54) is 5.56 Å². The van der Waals surface area contributed by atoms with E-state index in [1.54, 1.807) is 4.90 Å². The van der Waals surface area contributed by atoms with Crippen molar-refractivity contribution in [1.82, 2.24) is 10.2 Å². The molecule has 0 saturated carbocycles. The Labute approximate surface area is 242 Å². The summed E-state index contributed by atoms with van der Waals surface area (Å²) in [6, 6.07) is 23.0. The zero-order valence-electron chi connectivity index (χ0n) is 24.0. The molecule has 0 unspecified atom stereocenters. The first-order valence-electron chi connectivity index (χ1n) is 13.5. The molecule has 0 heterocycles. The SMILES string of the molecule is Cc1ccccc1CN(C(=O)COc1ccc(C(C)(C)C)cc1Br)[C@H](Cc1ccccc1)C(=O)NCC(C)C. The number of rotatable bonds is 11. The third-order valence-electron chi connectivity index (χ3n) is 6.71. The summed E-state index contributed by atoms with van der Waals surface area (Å²) in [5.74, 6) is 0.482. The highest BCUT2D eigenvalue weighted by Crippen LogP contribution is 2.31. The van der Waals surface area contributed by atoms with Crippen molar-refractivity contribution in [2.45, 2.75) is 66.0 Å². The Kier molecular flexibility index (Phi) is 10.8. The van der Waals surface area contributed by atoms with Gasteiger partial charge in [-0.3, -0.25) is 9.59 Å². The van der Waals surface area contributed by atoms with Crippen molar-refractivity contribution in [1.29, 1.82) is 0 Å². The largest absolute Gasteiger partial charge is 0.483 e. The summed E-state index contributed by atoms with van der Waals surface area (Å²) >= 11 is 3.61. The maximum Gasteiger partial charge on any atom is 0.261 e. The van der Waals surface area contributed by atoms with Gasteiger partial charge in [0.2, 0.25) is 5.91 Å². The van der Waals surface area contributed by atoms with Crippen LogP contribution in [0.15, 0.2) is 77.3 Å². The number of benzene rings is 3. The third kappa shape index (κ3) is 8.96. The van der Waals surface area contributed by atoms with Gasteiger partial charge >= 0.3 is 0 Å². The van der Waals surface area contributed by atoms with Gasteiger partial charge in [0.05, 0.1) is 4.47 Å². The molecule has 0 bridgehead atoms. The summed E-state index contributed by atoms with van der Waals surface area (Å²) < 4.78 is 6.82. The van der Waals surface area contributed by atoms with Crippen LogP contribution in [0.1, 0.15) is 56.9 Å². The van der Waals surface area contributed by atoms with Crippen LogP contribution in [-0.2, 0) is 28.0 Å². The van der Waals surface area contributed by atoms with Crippen LogP contribution in [0.3, 0.4) is 0 Å². The summed E-state index contributed by atoms with van der Waals surface area (Å²) in [4.78, 5) is 29.1. The van der Waals surface area contributed by atoms with Crippen LogP contribution < -0.4 is 10.1 Å². The monoisotopic (exact) mass is 592 g/mol. The van der Waals surface area contributed by atoms with E-state index in [0.29, 0.717) is 31.2 Å². The number of aryl methyl sites for hydroxylation is 1. The average Bonchev–Trinajstić information content (AvgIpc) is 2.89. The normalized spacial score (nSPS) is 12.2. The number of carbonyl (C=O) groups excluding carboxylic acids is 2. The van der Waals surface area contributed by atoms with E-state index in [-0.39, 0.29) is 23.8 Å². The Hall–Kier alpha value is -3.12. The van der Waals surface area contributed by atoms with Gasteiger partial charge in [-0.1, -0.05) is 95.3 Å². The van der Waals surface area contributed by atoms with Crippen LogP contribution in [0, 0.1) is 12.8 Å². The Morgan fingerprint density at radius 2 is 1.64 bits per heavy atom. The van der Waals surface area contributed by atoms with Crippen LogP contribution in [0.4, 0.5) is 0 Å². The molecule has 2 amide bonds. The molecule has 5 nitrogen and oxygen atoms in total. The first-order valence-corrected chi connectivity index (χ1v) is 14.3. The van der Waals surface area contributed by atoms with Crippen molar-refractivity contribution >= 4 is 27.7 Å². The lowest BCUT2D eigenvalue weighted by Crippen LogP contribution is -2.52. The standard InChI is InChI=1S/C33H41BrN2O3/c1-23(2)20-35-32(38)29(18-25-13-8-7-9-14-25)36(21-26-15-11-10-12-24(26)3)31(37)22-39-30-17-16-27(19-28(30)34)33(4,5)6/h7-17,19,23,29H,18,20-22H2,1-6H3,(H,35,38)/t29-/m1/s1. The fourth-order valence-corrected chi connectivity index (χ4v) is 4.75. The van der Waals surface area contributed by atoms with E-state index >= 15 is 0 Å². The van der Waals surface area contributed by atoms with Crippen molar-refractivity contribution in [3.63, 3.8) is 0 Å². The van der Waals surface area contributed by atoms with Crippen molar-refractivity contribution in [3.05, 3.63) is 99.5 Å². The van der Waals surface area contributed by atoms with E-state index in [4.69, 9.17) is 4.74 Å². The van der Waals surface area contributed by atoms with Crippen LogP contribution in [-0.4, -0.2) is 35.9 Å². The number of ether oxygens (including phenoxy) is 1. The predicted molar refractivity (Wildman–Crippen MR) is 162 cm³/mol. The number of carbonyl (C=O) groups is 2. The van der Waals surface area contributed by atoms with Gasteiger partial charge in [0.25, 0.3) is 5.91 Å². The highest BCUT2D eigenvalue weighted by Gasteiger charge is 2.31. The second kappa shape index (κ2) is 13.8.